The molecule has 7 heteroatoms. The molecule has 0 bridgehead atoms. The van der Waals surface area contributed by atoms with E-state index in [4.69, 9.17) is 9.47 Å². The maximum absolute atomic E-state index is 12.4. The molecule has 2 aliphatic rings. The molecule has 1 aromatic rings. The summed E-state index contributed by atoms with van der Waals surface area (Å²) in [5.74, 6) is 0.449. The van der Waals surface area contributed by atoms with E-state index < -0.39 is 17.9 Å². The first kappa shape index (κ1) is 21.7. The van der Waals surface area contributed by atoms with Gasteiger partial charge in [0.05, 0.1) is 6.61 Å². The second-order valence-electron chi connectivity index (χ2n) is 7.23. The van der Waals surface area contributed by atoms with Gasteiger partial charge in [-0.1, -0.05) is 44.2 Å². The zero-order valence-corrected chi connectivity index (χ0v) is 15.8. The van der Waals surface area contributed by atoms with Crippen molar-refractivity contribution in [3.8, 4) is 0 Å². The molecule has 1 heterocycles. The summed E-state index contributed by atoms with van der Waals surface area (Å²) < 4.78 is 47.6. The van der Waals surface area contributed by atoms with E-state index in [1.807, 2.05) is 30.3 Å². The highest BCUT2D eigenvalue weighted by atomic mass is 19.4. The Morgan fingerprint density at radius 1 is 1.26 bits per heavy atom. The number of ether oxygens (including phenoxy) is 2. The van der Waals surface area contributed by atoms with Crippen LogP contribution < -0.4 is 5.32 Å². The molecule has 1 N–H and O–H groups in total. The largest absolute Gasteiger partial charge is 0.461 e. The number of nitrogens with one attached hydrogen (secondary N) is 1. The fraction of sp³-hybridized carbons (Fsp3) is 0.650. The monoisotopic (exact) mass is 387 g/mol. The van der Waals surface area contributed by atoms with E-state index in [-0.39, 0.29) is 12.6 Å². The lowest BCUT2D eigenvalue weighted by Gasteiger charge is -2.35. The van der Waals surface area contributed by atoms with Crippen LogP contribution in [0.3, 0.4) is 0 Å². The molecule has 3 rings (SSSR count). The minimum atomic E-state index is -4.19. The van der Waals surface area contributed by atoms with Crippen LogP contribution in [0.5, 0.6) is 0 Å². The Hall–Kier alpha value is -1.60. The molecule has 0 amide bonds. The number of carbonyl (C=O) groups is 1. The van der Waals surface area contributed by atoms with Crippen LogP contribution in [0.15, 0.2) is 30.3 Å². The Kier molecular flexibility index (Phi) is 7.68. The van der Waals surface area contributed by atoms with Crippen molar-refractivity contribution in [1.29, 1.82) is 0 Å². The summed E-state index contributed by atoms with van der Waals surface area (Å²) in [6.45, 7) is 4.06. The third kappa shape index (κ3) is 6.81. The Bertz CT molecular complexity index is 584. The Morgan fingerprint density at radius 3 is 2.41 bits per heavy atom. The molecule has 1 unspecified atom stereocenters. The molecule has 1 saturated carbocycles. The molecule has 1 aromatic carbocycles. The van der Waals surface area contributed by atoms with E-state index in [0.717, 1.165) is 18.4 Å². The normalized spacial score (nSPS) is 27.7. The SMILES string of the molecule is CC1CCC2(CC1)NC(C(F)(F)F)CO2.CCC(=O)OCc1ccccc1. The molecule has 2 fully saturated rings. The van der Waals surface area contributed by atoms with E-state index in [0.29, 0.717) is 31.8 Å². The number of esters is 1. The van der Waals surface area contributed by atoms with Gasteiger partial charge in [-0.25, -0.2) is 0 Å². The molecule has 4 nitrogen and oxygen atoms in total. The molecule has 1 spiro atoms. The lowest BCUT2D eigenvalue weighted by Crippen LogP contribution is -2.50. The van der Waals surface area contributed by atoms with Crippen molar-refractivity contribution >= 4 is 5.97 Å². The van der Waals surface area contributed by atoms with Gasteiger partial charge in [-0.15, -0.1) is 0 Å². The van der Waals surface area contributed by atoms with E-state index in [1.165, 1.54) is 0 Å². The van der Waals surface area contributed by atoms with Crippen molar-refractivity contribution in [2.45, 2.75) is 70.5 Å². The van der Waals surface area contributed by atoms with Gasteiger partial charge in [0, 0.05) is 6.42 Å². The highest BCUT2D eigenvalue weighted by Crippen LogP contribution is 2.38. The van der Waals surface area contributed by atoms with Crippen LogP contribution >= 0.6 is 0 Å². The van der Waals surface area contributed by atoms with E-state index in [1.54, 1.807) is 6.92 Å². The number of rotatable bonds is 3. The first-order valence-corrected chi connectivity index (χ1v) is 9.42. The van der Waals surface area contributed by atoms with Crippen molar-refractivity contribution in [3.63, 3.8) is 0 Å². The molecule has 1 atom stereocenters. The first-order valence-electron chi connectivity index (χ1n) is 9.42. The van der Waals surface area contributed by atoms with Gasteiger partial charge in [0.2, 0.25) is 0 Å². The summed E-state index contributed by atoms with van der Waals surface area (Å²) in [4.78, 5) is 10.8. The third-order valence-electron chi connectivity index (χ3n) is 4.97. The number of benzene rings is 1. The Labute approximate surface area is 158 Å². The molecule has 1 aliphatic heterocycles. The second kappa shape index (κ2) is 9.55. The average Bonchev–Trinajstić information content (AvgIpc) is 3.08. The van der Waals surface area contributed by atoms with E-state index in [9.17, 15) is 18.0 Å². The number of halogens is 3. The average molecular weight is 387 g/mol. The highest BCUT2D eigenvalue weighted by Gasteiger charge is 2.51. The van der Waals surface area contributed by atoms with Crippen molar-refractivity contribution in [2.24, 2.45) is 5.92 Å². The number of carbonyl (C=O) groups excluding carboxylic acids is 1. The molecule has 0 aromatic heterocycles. The van der Waals surface area contributed by atoms with Crippen molar-refractivity contribution in [3.05, 3.63) is 35.9 Å². The second-order valence-corrected chi connectivity index (χ2v) is 7.23. The van der Waals surface area contributed by atoms with Crippen LogP contribution in [0.4, 0.5) is 13.2 Å². The number of alkyl halides is 3. The molecule has 1 saturated heterocycles. The zero-order chi connectivity index (χ0) is 19.9. The molecule has 1 aliphatic carbocycles. The highest BCUT2D eigenvalue weighted by molar-refractivity contribution is 5.68. The van der Waals surface area contributed by atoms with Gasteiger partial charge >= 0.3 is 12.1 Å². The van der Waals surface area contributed by atoms with Crippen molar-refractivity contribution in [1.82, 2.24) is 5.32 Å². The standard InChI is InChI=1S/C10H16F3NO.C10H12O2/c1-7-2-4-9(5-3-7)14-8(6-15-9)10(11,12)13;1-2-10(11)12-8-9-6-4-3-5-7-9/h7-8,14H,2-6H2,1H3;3-7H,2,8H2,1H3. The summed E-state index contributed by atoms with van der Waals surface area (Å²) in [6, 6.07) is 8.17. The quantitative estimate of drug-likeness (QED) is 0.771. The van der Waals surface area contributed by atoms with Crippen LogP contribution in [0, 0.1) is 5.92 Å². The zero-order valence-electron chi connectivity index (χ0n) is 15.8. The Balaban J connectivity index is 0.000000199. The number of hydrogen-bond donors (Lipinski definition) is 1. The Morgan fingerprint density at radius 2 is 1.89 bits per heavy atom. The van der Waals surface area contributed by atoms with E-state index >= 15 is 0 Å². The first-order chi connectivity index (χ1) is 12.7. The topological polar surface area (TPSA) is 47.6 Å². The smallest absolute Gasteiger partial charge is 0.406 e. The van der Waals surface area contributed by atoms with Gasteiger partial charge in [0.1, 0.15) is 18.4 Å². The predicted molar refractivity (Wildman–Crippen MR) is 95.8 cm³/mol. The summed E-state index contributed by atoms with van der Waals surface area (Å²) in [5, 5.41) is 2.62. The van der Waals surface area contributed by atoms with Crippen LogP contribution in [-0.2, 0) is 20.9 Å². The maximum Gasteiger partial charge on any atom is 0.406 e. The van der Waals surface area contributed by atoms with Gasteiger partial charge < -0.3 is 9.47 Å². The lowest BCUT2D eigenvalue weighted by molar-refractivity contribution is -0.152. The van der Waals surface area contributed by atoms with Gasteiger partial charge in [0.15, 0.2) is 0 Å². The van der Waals surface area contributed by atoms with Gasteiger partial charge in [-0.05, 0) is 37.2 Å². The van der Waals surface area contributed by atoms with Crippen LogP contribution in [0.2, 0.25) is 0 Å². The fourth-order valence-corrected chi connectivity index (χ4v) is 3.18. The van der Waals surface area contributed by atoms with Gasteiger partial charge in [-0.3, -0.25) is 10.1 Å². The molecular formula is C20H28F3NO3. The maximum atomic E-state index is 12.4. The van der Waals surface area contributed by atoms with Crippen LogP contribution in [0.25, 0.3) is 0 Å². The molecular weight excluding hydrogens is 359 g/mol. The molecule has 27 heavy (non-hydrogen) atoms. The van der Waals surface area contributed by atoms with Crippen LogP contribution in [0.1, 0.15) is 51.5 Å². The minimum absolute atomic E-state index is 0.154. The fourth-order valence-electron chi connectivity index (χ4n) is 3.18. The van der Waals surface area contributed by atoms with Crippen LogP contribution in [-0.4, -0.2) is 30.5 Å². The summed E-state index contributed by atoms with van der Waals surface area (Å²) in [7, 11) is 0. The van der Waals surface area contributed by atoms with Gasteiger partial charge in [0.25, 0.3) is 0 Å². The molecule has 152 valence electrons. The van der Waals surface area contributed by atoms with Crippen molar-refractivity contribution in [2.75, 3.05) is 6.61 Å². The summed E-state index contributed by atoms with van der Waals surface area (Å²) in [5.41, 5.74) is 0.339. The molecule has 0 radical (unpaired) electrons. The minimum Gasteiger partial charge on any atom is -0.461 e. The third-order valence-corrected chi connectivity index (χ3v) is 4.97. The van der Waals surface area contributed by atoms with Gasteiger partial charge in [-0.2, -0.15) is 13.2 Å². The van der Waals surface area contributed by atoms with E-state index in [2.05, 4.69) is 12.2 Å². The lowest BCUT2D eigenvalue weighted by atomic mass is 9.85. The summed E-state index contributed by atoms with van der Waals surface area (Å²) in [6.07, 6.45) is -0.476. The summed E-state index contributed by atoms with van der Waals surface area (Å²) >= 11 is 0. The van der Waals surface area contributed by atoms with Crippen molar-refractivity contribution < 1.29 is 27.4 Å². The number of hydrogen-bond acceptors (Lipinski definition) is 4. The predicted octanol–water partition coefficient (Wildman–Crippen LogP) is 4.58.